The van der Waals surface area contributed by atoms with Crippen LogP contribution in [0.4, 0.5) is 0 Å². The number of rotatable bonds is 7. The van der Waals surface area contributed by atoms with Gasteiger partial charge in [0.05, 0.1) is 6.61 Å². The lowest BCUT2D eigenvalue weighted by Crippen LogP contribution is -2.31. The molecule has 0 spiro atoms. The van der Waals surface area contributed by atoms with E-state index in [0.717, 1.165) is 23.1 Å². The van der Waals surface area contributed by atoms with Crippen LogP contribution in [-0.4, -0.2) is 24.4 Å². The van der Waals surface area contributed by atoms with Crippen LogP contribution < -0.4 is 10.1 Å². The van der Waals surface area contributed by atoms with Gasteiger partial charge in [-0.3, -0.25) is 0 Å². The molecular formula is C18H22ClNO2. The Bertz CT molecular complexity index is 633. The standard InChI is InChI=1S/C18H21NO2.ClH/c1-3-11-21-18-10-9-14-7-5-6-8-16(14)17(18)12-19-15(4-2)13-20;/h1,5-10,15,19-20H,4,11-13H2,2H3;1H. The third-order valence-corrected chi connectivity index (χ3v) is 3.59. The quantitative estimate of drug-likeness (QED) is 0.770. The summed E-state index contributed by atoms with van der Waals surface area (Å²) in [7, 11) is 0. The van der Waals surface area contributed by atoms with Gasteiger partial charge in [0.2, 0.25) is 0 Å². The topological polar surface area (TPSA) is 41.5 Å². The zero-order chi connectivity index (χ0) is 15.1. The van der Waals surface area contributed by atoms with E-state index in [1.165, 1.54) is 5.39 Å². The molecule has 2 aromatic carbocycles. The van der Waals surface area contributed by atoms with Gasteiger partial charge >= 0.3 is 0 Å². The summed E-state index contributed by atoms with van der Waals surface area (Å²) in [5.41, 5.74) is 1.08. The van der Waals surface area contributed by atoms with Crippen molar-refractivity contribution in [2.45, 2.75) is 25.9 Å². The van der Waals surface area contributed by atoms with Crippen LogP contribution in [0.2, 0.25) is 0 Å². The van der Waals surface area contributed by atoms with Crippen molar-refractivity contribution in [3.63, 3.8) is 0 Å². The third kappa shape index (κ3) is 4.38. The van der Waals surface area contributed by atoms with Crippen LogP contribution in [0.15, 0.2) is 36.4 Å². The number of aliphatic hydroxyl groups excluding tert-OH is 1. The van der Waals surface area contributed by atoms with Gasteiger partial charge in [0.15, 0.2) is 0 Å². The molecule has 0 radical (unpaired) electrons. The molecule has 2 aromatic rings. The molecule has 0 amide bonds. The summed E-state index contributed by atoms with van der Waals surface area (Å²) in [6.45, 7) is 3.07. The summed E-state index contributed by atoms with van der Waals surface area (Å²) >= 11 is 0. The van der Waals surface area contributed by atoms with Crippen molar-refractivity contribution in [3.05, 3.63) is 42.0 Å². The zero-order valence-electron chi connectivity index (χ0n) is 12.7. The van der Waals surface area contributed by atoms with Gasteiger partial charge in [0, 0.05) is 18.2 Å². The highest BCUT2D eigenvalue weighted by Crippen LogP contribution is 2.28. The van der Waals surface area contributed by atoms with Crippen LogP contribution in [-0.2, 0) is 6.54 Å². The minimum absolute atomic E-state index is 0. The first-order valence-electron chi connectivity index (χ1n) is 7.21. The Kier molecular flexibility index (Phi) is 7.76. The molecule has 22 heavy (non-hydrogen) atoms. The molecule has 0 fully saturated rings. The van der Waals surface area contributed by atoms with Crippen molar-refractivity contribution in [2.75, 3.05) is 13.2 Å². The van der Waals surface area contributed by atoms with Crippen molar-refractivity contribution < 1.29 is 9.84 Å². The fraction of sp³-hybridized carbons (Fsp3) is 0.333. The summed E-state index contributed by atoms with van der Waals surface area (Å²) < 4.78 is 5.66. The molecular weight excluding hydrogens is 298 g/mol. The maximum absolute atomic E-state index is 9.31. The summed E-state index contributed by atoms with van der Waals surface area (Å²) in [5.74, 6) is 3.29. The lowest BCUT2D eigenvalue weighted by Gasteiger charge is -2.17. The summed E-state index contributed by atoms with van der Waals surface area (Å²) in [5, 5.41) is 15.0. The smallest absolute Gasteiger partial charge is 0.148 e. The Morgan fingerprint density at radius 3 is 2.73 bits per heavy atom. The minimum Gasteiger partial charge on any atom is -0.481 e. The number of hydrogen-bond donors (Lipinski definition) is 2. The second-order valence-electron chi connectivity index (χ2n) is 4.92. The Balaban J connectivity index is 0.00000242. The number of halogens is 1. The van der Waals surface area contributed by atoms with Crippen LogP contribution in [0.3, 0.4) is 0 Å². The van der Waals surface area contributed by atoms with E-state index in [0.29, 0.717) is 6.54 Å². The number of terminal acetylenes is 1. The van der Waals surface area contributed by atoms with Gasteiger partial charge in [-0.15, -0.1) is 18.8 Å². The fourth-order valence-corrected chi connectivity index (χ4v) is 2.34. The maximum Gasteiger partial charge on any atom is 0.148 e. The van der Waals surface area contributed by atoms with Gasteiger partial charge in [0.25, 0.3) is 0 Å². The summed E-state index contributed by atoms with van der Waals surface area (Å²) in [4.78, 5) is 0. The van der Waals surface area contributed by atoms with Crippen LogP contribution in [0.25, 0.3) is 10.8 Å². The summed E-state index contributed by atoms with van der Waals surface area (Å²) in [6.07, 6.45) is 6.16. The van der Waals surface area contributed by atoms with Crippen LogP contribution in [0, 0.1) is 12.3 Å². The molecule has 1 unspecified atom stereocenters. The second kappa shape index (κ2) is 9.32. The highest BCUT2D eigenvalue weighted by atomic mass is 35.5. The molecule has 2 rings (SSSR count). The van der Waals surface area contributed by atoms with Gasteiger partial charge < -0.3 is 15.2 Å². The number of aliphatic hydroxyl groups is 1. The first-order chi connectivity index (χ1) is 10.3. The molecule has 0 heterocycles. The molecule has 0 aromatic heterocycles. The second-order valence-corrected chi connectivity index (χ2v) is 4.92. The molecule has 2 N–H and O–H groups in total. The highest BCUT2D eigenvalue weighted by molar-refractivity contribution is 5.87. The summed E-state index contributed by atoms with van der Waals surface area (Å²) in [6, 6.07) is 12.3. The van der Waals surface area contributed by atoms with Crippen molar-refractivity contribution in [3.8, 4) is 18.1 Å². The third-order valence-electron chi connectivity index (χ3n) is 3.59. The minimum atomic E-state index is 0. The Morgan fingerprint density at radius 1 is 1.27 bits per heavy atom. The van der Waals surface area contributed by atoms with E-state index < -0.39 is 0 Å². The molecule has 0 saturated heterocycles. The Hall–Kier alpha value is -1.73. The van der Waals surface area contributed by atoms with Crippen molar-refractivity contribution in [1.29, 1.82) is 0 Å². The molecule has 3 nitrogen and oxygen atoms in total. The van der Waals surface area contributed by atoms with Gasteiger partial charge in [-0.05, 0) is 23.3 Å². The van der Waals surface area contributed by atoms with Crippen molar-refractivity contribution >= 4 is 23.2 Å². The molecule has 1 atom stereocenters. The predicted molar refractivity (Wildman–Crippen MR) is 93.5 cm³/mol. The average molecular weight is 320 g/mol. The van der Waals surface area contributed by atoms with Gasteiger partial charge in [0.1, 0.15) is 12.4 Å². The van der Waals surface area contributed by atoms with Gasteiger partial charge in [-0.1, -0.05) is 43.2 Å². The van der Waals surface area contributed by atoms with Crippen molar-refractivity contribution in [1.82, 2.24) is 5.32 Å². The molecule has 0 bridgehead atoms. The first-order valence-corrected chi connectivity index (χ1v) is 7.21. The average Bonchev–Trinajstić information content (AvgIpc) is 2.54. The number of benzene rings is 2. The molecule has 0 aliphatic heterocycles. The van der Waals surface area contributed by atoms with Crippen LogP contribution in [0.1, 0.15) is 18.9 Å². The monoisotopic (exact) mass is 319 g/mol. The SMILES string of the molecule is C#CCOc1ccc2ccccc2c1CNC(CC)CO.Cl. The zero-order valence-corrected chi connectivity index (χ0v) is 13.5. The Labute approximate surface area is 138 Å². The van der Waals surface area contributed by atoms with Crippen LogP contribution >= 0.6 is 12.4 Å². The molecule has 118 valence electrons. The first kappa shape index (κ1) is 18.3. The molecule has 0 aliphatic rings. The van der Waals surface area contributed by atoms with Gasteiger partial charge in [-0.25, -0.2) is 0 Å². The van der Waals surface area contributed by atoms with E-state index >= 15 is 0 Å². The normalized spacial score (nSPS) is 11.5. The fourth-order valence-electron chi connectivity index (χ4n) is 2.34. The predicted octanol–water partition coefficient (Wildman–Crippen LogP) is 3.13. The number of ether oxygens (including phenoxy) is 1. The molecule has 4 heteroatoms. The molecule has 0 saturated carbocycles. The Morgan fingerprint density at radius 2 is 2.05 bits per heavy atom. The van der Waals surface area contributed by atoms with Crippen LogP contribution in [0.5, 0.6) is 5.75 Å². The number of fused-ring (bicyclic) bond motifs is 1. The van der Waals surface area contributed by atoms with E-state index in [9.17, 15) is 5.11 Å². The van der Waals surface area contributed by atoms with E-state index in [1.807, 2.05) is 31.2 Å². The van der Waals surface area contributed by atoms with Gasteiger partial charge in [-0.2, -0.15) is 0 Å². The maximum atomic E-state index is 9.31. The number of nitrogens with one attached hydrogen (secondary N) is 1. The van der Waals surface area contributed by atoms with Crippen molar-refractivity contribution in [2.24, 2.45) is 0 Å². The largest absolute Gasteiger partial charge is 0.481 e. The van der Waals surface area contributed by atoms with E-state index in [-0.39, 0.29) is 31.7 Å². The molecule has 0 aliphatic carbocycles. The highest BCUT2D eigenvalue weighted by Gasteiger charge is 2.11. The lowest BCUT2D eigenvalue weighted by molar-refractivity contribution is 0.238. The lowest BCUT2D eigenvalue weighted by atomic mass is 10.0. The van der Waals surface area contributed by atoms with E-state index in [2.05, 4.69) is 23.4 Å². The van der Waals surface area contributed by atoms with E-state index in [1.54, 1.807) is 0 Å². The number of hydrogen-bond acceptors (Lipinski definition) is 3. The van der Waals surface area contributed by atoms with E-state index in [4.69, 9.17) is 11.2 Å².